The molecule has 0 amide bonds. The highest BCUT2D eigenvalue weighted by Gasteiger charge is 2.56. The van der Waals surface area contributed by atoms with Gasteiger partial charge in [0.1, 0.15) is 17.9 Å². The summed E-state index contributed by atoms with van der Waals surface area (Å²) in [5.74, 6) is -0.498. The van der Waals surface area contributed by atoms with Crippen molar-refractivity contribution >= 4 is 17.9 Å². The smallest absolute Gasteiger partial charge is 0.417 e. The molecule has 2 aromatic rings. The Labute approximate surface area is 171 Å². The Kier molecular flexibility index (Phi) is 6.65. The van der Waals surface area contributed by atoms with Crippen LogP contribution in [-0.2, 0) is 11.8 Å². The van der Waals surface area contributed by atoms with Crippen molar-refractivity contribution in [2.24, 2.45) is 0 Å². The number of aldehydes is 1. The topological polar surface area (TPSA) is 46.5 Å². The predicted molar refractivity (Wildman–Crippen MR) is 102 cm³/mol. The fraction of sp³-hybridized carbons (Fsp3) is 0.381. The van der Waals surface area contributed by atoms with E-state index in [9.17, 15) is 27.5 Å². The lowest BCUT2D eigenvalue weighted by atomic mass is 9.72. The molecule has 1 atom stereocenters. The van der Waals surface area contributed by atoms with Gasteiger partial charge >= 0.3 is 6.18 Å². The molecule has 0 aliphatic heterocycles. The number of carbonyl (C=O) groups is 1. The van der Waals surface area contributed by atoms with E-state index >= 15 is 0 Å². The monoisotopic (exact) mass is 432 g/mol. The van der Waals surface area contributed by atoms with Gasteiger partial charge in [-0.1, -0.05) is 43.6 Å². The lowest BCUT2D eigenvalue weighted by Crippen LogP contribution is -2.50. The van der Waals surface area contributed by atoms with Gasteiger partial charge in [0.2, 0.25) is 0 Å². The maximum absolute atomic E-state index is 13.9. The average molecular weight is 433 g/mol. The number of rotatable bonds is 7. The number of alkyl halides is 3. The van der Waals surface area contributed by atoms with Crippen molar-refractivity contribution in [2.45, 2.75) is 43.9 Å². The molecule has 2 rings (SSSR count). The second-order valence-electron chi connectivity index (χ2n) is 7.58. The highest BCUT2D eigenvalue weighted by atomic mass is 35.5. The molecular formula is C21H21ClF4O3. The lowest BCUT2D eigenvalue weighted by Gasteiger charge is -2.38. The molecule has 0 bridgehead atoms. The van der Waals surface area contributed by atoms with Crippen LogP contribution >= 0.6 is 11.6 Å². The first-order valence-corrected chi connectivity index (χ1v) is 9.07. The highest BCUT2D eigenvalue weighted by molar-refractivity contribution is 6.31. The number of halogens is 5. The van der Waals surface area contributed by atoms with Crippen LogP contribution < -0.4 is 4.74 Å². The number of ether oxygens (including phenoxy) is 1. The van der Waals surface area contributed by atoms with E-state index < -0.39 is 35.9 Å². The van der Waals surface area contributed by atoms with Crippen LogP contribution in [0.25, 0.3) is 0 Å². The SMILES string of the molecule is COc1cc(F)ccc1C(C)(C)CC(O)(Cc1ccc(C=O)cc1Cl)C(F)(F)F. The highest BCUT2D eigenvalue weighted by Crippen LogP contribution is 2.45. The summed E-state index contributed by atoms with van der Waals surface area (Å²) in [5.41, 5.74) is -3.75. The number of aliphatic hydroxyl groups is 1. The van der Waals surface area contributed by atoms with Crippen LogP contribution in [0.1, 0.15) is 41.8 Å². The van der Waals surface area contributed by atoms with Gasteiger partial charge in [-0.25, -0.2) is 4.39 Å². The van der Waals surface area contributed by atoms with E-state index in [-0.39, 0.29) is 21.9 Å². The van der Waals surface area contributed by atoms with E-state index in [0.717, 1.165) is 12.1 Å². The van der Waals surface area contributed by atoms with Crippen molar-refractivity contribution in [3.8, 4) is 5.75 Å². The van der Waals surface area contributed by atoms with Crippen LogP contribution in [-0.4, -0.2) is 30.3 Å². The second kappa shape index (κ2) is 8.32. The van der Waals surface area contributed by atoms with Crippen molar-refractivity contribution in [1.29, 1.82) is 0 Å². The summed E-state index contributed by atoms with van der Waals surface area (Å²) in [7, 11) is 1.29. The van der Waals surface area contributed by atoms with Crippen molar-refractivity contribution in [2.75, 3.05) is 7.11 Å². The summed E-state index contributed by atoms with van der Waals surface area (Å²) in [6.07, 6.45) is -5.97. The molecule has 0 aliphatic carbocycles. The molecule has 0 saturated heterocycles. The molecule has 0 fully saturated rings. The van der Waals surface area contributed by atoms with Crippen LogP contribution in [0, 0.1) is 5.82 Å². The van der Waals surface area contributed by atoms with Crippen LogP contribution in [0.3, 0.4) is 0 Å². The van der Waals surface area contributed by atoms with Gasteiger partial charge in [0.25, 0.3) is 0 Å². The fourth-order valence-corrected chi connectivity index (χ4v) is 3.66. The molecule has 0 spiro atoms. The fourth-order valence-electron chi connectivity index (χ4n) is 3.41. The molecular weight excluding hydrogens is 412 g/mol. The zero-order chi connectivity index (χ0) is 22.0. The van der Waals surface area contributed by atoms with Crippen LogP contribution in [0.2, 0.25) is 5.02 Å². The first-order chi connectivity index (χ1) is 13.3. The number of methoxy groups -OCH3 is 1. The molecule has 0 aromatic heterocycles. The molecule has 1 unspecified atom stereocenters. The van der Waals surface area contributed by atoms with Crippen molar-refractivity contribution in [3.05, 3.63) is 63.9 Å². The number of benzene rings is 2. The normalized spacial score (nSPS) is 14.4. The minimum absolute atomic E-state index is 0.0468. The second-order valence-corrected chi connectivity index (χ2v) is 7.99. The summed E-state index contributed by atoms with van der Waals surface area (Å²) >= 11 is 6.02. The van der Waals surface area contributed by atoms with E-state index in [1.165, 1.54) is 45.2 Å². The molecule has 2 aromatic carbocycles. The molecule has 0 radical (unpaired) electrons. The molecule has 158 valence electrons. The van der Waals surface area contributed by atoms with Crippen molar-refractivity contribution in [1.82, 2.24) is 0 Å². The Bertz CT molecular complexity index is 896. The molecule has 29 heavy (non-hydrogen) atoms. The maximum Gasteiger partial charge on any atom is 0.417 e. The third-order valence-electron chi connectivity index (χ3n) is 4.85. The Morgan fingerprint density at radius 2 is 1.79 bits per heavy atom. The molecule has 0 saturated carbocycles. The van der Waals surface area contributed by atoms with E-state index in [0.29, 0.717) is 11.8 Å². The molecule has 3 nitrogen and oxygen atoms in total. The van der Waals surface area contributed by atoms with Gasteiger partial charge in [-0.3, -0.25) is 4.79 Å². The molecule has 0 aliphatic rings. The van der Waals surface area contributed by atoms with E-state index in [1.807, 2.05) is 0 Å². The van der Waals surface area contributed by atoms with Gasteiger partial charge < -0.3 is 9.84 Å². The van der Waals surface area contributed by atoms with Gasteiger partial charge in [0.15, 0.2) is 5.60 Å². The maximum atomic E-state index is 13.9. The average Bonchev–Trinajstić information content (AvgIpc) is 2.61. The third kappa shape index (κ3) is 5.08. The van der Waals surface area contributed by atoms with Gasteiger partial charge in [0.05, 0.1) is 7.11 Å². The summed E-state index contributed by atoms with van der Waals surface area (Å²) in [5, 5.41) is 10.7. The van der Waals surface area contributed by atoms with Gasteiger partial charge in [0, 0.05) is 28.6 Å². The zero-order valence-electron chi connectivity index (χ0n) is 16.1. The summed E-state index contributed by atoms with van der Waals surface area (Å²) in [4.78, 5) is 10.8. The minimum Gasteiger partial charge on any atom is -0.496 e. The van der Waals surface area contributed by atoms with Gasteiger partial charge in [-0.2, -0.15) is 13.2 Å². The summed E-state index contributed by atoms with van der Waals surface area (Å²) < 4.78 is 60.4. The summed E-state index contributed by atoms with van der Waals surface area (Å²) in [6, 6.07) is 7.42. The molecule has 1 N–H and O–H groups in total. The third-order valence-corrected chi connectivity index (χ3v) is 5.20. The Hall–Kier alpha value is -2.12. The van der Waals surface area contributed by atoms with E-state index in [1.54, 1.807) is 0 Å². The number of hydrogen-bond donors (Lipinski definition) is 1. The first-order valence-electron chi connectivity index (χ1n) is 8.70. The van der Waals surface area contributed by atoms with E-state index in [2.05, 4.69) is 0 Å². The Morgan fingerprint density at radius 3 is 2.31 bits per heavy atom. The largest absolute Gasteiger partial charge is 0.496 e. The van der Waals surface area contributed by atoms with Crippen molar-refractivity contribution < 1.29 is 32.2 Å². The summed E-state index contributed by atoms with van der Waals surface area (Å²) in [6.45, 7) is 3.02. The standard InChI is InChI=1S/C21H21ClF4O3/c1-19(2,16-7-6-15(23)9-18(16)29-3)12-20(28,21(24,25)26)10-14-5-4-13(11-27)8-17(14)22/h4-9,11,28H,10,12H2,1-3H3. The van der Waals surface area contributed by atoms with E-state index in [4.69, 9.17) is 16.3 Å². The van der Waals surface area contributed by atoms with Gasteiger partial charge in [-0.05, 0) is 29.5 Å². The number of hydrogen-bond acceptors (Lipinski definition) is 3. The molecule has 0 heterocycles. The quantitative estimate of drug-likeness (QED) is 0.464. The van der Waals surface area contributed by atoms with Crippen molar-refractivity contribution in [3.63, 3.8) is 0 Å². The van der Waals surface area contributed by atoms with Crippen LogP contribution in [0.15, 0.2) is 36.4 Å². The first kappa shape index (κ1) is 23.2. The Morgan fingerprint density at radius 1 is 1.14 bits per heavy atom. The zero-order valence-corrected chi connectivity index (χ0v) is 16.9. The lowest BCUT2D eigenvalue weighted by molar-refractivity contribution is -0.266. The van der Waals surface area contributed by atoms with Crippen LogP contribution in [0.5, 0.6) is 5.75 Å². The predicted octanol–water partition coefficient (Wildman–Crippen LogP) is 5.50. The van der Waals surface area contributed by atoms with Crippen LogP contribution in [0.4, 0.5) is 17.6 Å². The van der Waals surface area contributed by atoms with Gasteiger partial charge in [-0.15, -0.1) is 0 Å². The number of carbonyl (C=O) groups excluding carboxylic acids is 1. The Balaban J connectivity index is 2.46. The molecule has 8 heteroatoms. The minimum atomic E-state index is -4.97.